The molecular weight excluding hydrogens is 278 g/mol. The van der Waals surface area contributed by atoms with Crippen LogP contribution < -0.4 is 0 Å². The van der Waals surface area contributed by atoms with Gasteiger partial charge in [-0.25, -0.2) is 8.78 Å². The number of hydrogen-bond acceptors (Lipinski definition) is 3. The van der Waals surface area contributed by atoms with E-state index < -0.39 is 23.1 Å². The molecule has 114 valence electrons. The normalized spacial score (nSPS) is 20.9. The van der Waals surface area contributed by atoms with Gasteiger partial charge < -0.3 is 10.1 Å². The van der Waals surface area contributed by atoms with E-state index in [1.165, 1.54) is 17.9 Å². The number of carbonyl (C=O) groups excluding carboxylic acids is 1. The van der Waals surface area contributed by atoms with Crippen LogP contribution in [-0.4, -0.2) is 34.8 Å². The molecule has 1 amide bonds. The number of carbonyl (C=O) groups is 1. The predicted octanol–water partition coefficient (Wildman–Crippen LogP) is 2.98. The van der Waals surface area contributed by atoms with Gasteiger partial charge >= 0.3 is 0 Å². The van der Waals surface area contributed by atoms with Crippen molar-refractivity contribution in [1.29, 1.82) is 0 Å². The highest BCUT2D eigenvalue weighted by Crippen LogP contribution is 2.23. The summed E-state index contributed by atoms with van der Waals surface area (Å²) in [4.78, 5) is 13.8. The molecule has 1 atom stereocenters. The highest BCUT2D eigenvalue weighted by molar-refractivity contribution is 5.97. The molecule has 1 aliphatic heterocycles. The van der Waals surface area contributed by atoms with E-state index in [1.807, 2.05) is 6.92 Å². The number of nitrogens with zero attached hydrogens (tertiary/aromatic N) is 2. The first-order valence-electron chi connectivity index (χ1n) is 6.94. The van der Waals surface area contributed by atoms with E-state index >= 15 is 0 Å². The number of halogens is 2. The molecule has 1 heterocycles. The van der Waals surface area contributed by atoms with Crippen LogP contribution in [0.25, 0.3) is 0 Å². The van der Waals surface area contributed by atoms with Gasteiger partial charge in [-0.15, -0.1) is 0 Å². The zero-order chi connectivity index (χ0) is 15.6. The average molecular weight is 296 g/mol. The monoisotopic (exact) mass is 296 g/mol. The summed E-state index contributed by atoms with van der Waals surface area (Å²) >= 11 is 0. The fourth-order valence-electron chi connectivity index (χ4n) is 2.61. The Morgan fingerprint density at radius 2 is 2.19 bits per heavy atom. The summed E-state index contributed by atoms with van der Waals surface area (Å²) in [5, 5.41) is 12.2. The first kappa shape index (κ1) is 15.4. The predicted molar refractivity (Wildman–Crippen MR) is 74.6 cm³/mol. The lowest BCUT2D eigenvalue weighted by molar-refractivity contribution is 0.0719. The Bertz CT molecular complexity index is 587. The SMILES string of the molecule is CCC1CN(C(=O)c2c(F)ccc(C)c2F)CC/C1=N\O. The summed E-state index contributed by atoms with van der Waals surface area (Å²) < 4.78 is 27.8. The number of amides is 1. The van der Waals surface area contributed by atoms with Crippen LogP contribution in [-0.2, 0) is 0 Å². The summed E-state index contributed by atoms with van der Waals surface area (Å²) in [5.74, 6) is -2.39. The minimum Gasteiger partial charge on any atom is -0.411 e. The third kappa shape index (κ3) is 2.89. The van der Waals surface area contributed by atoms with Crippen LogP contribution in [0, 0.1) is 24.5 Å². The molecule has 1 fully saturated rings. The van der Waals surface area contributed by atoms with Gasteiger partial charge in [-0.2, -0.15) is 0 Å². The maximum Gasteiger partial charge on any atom is 0.259 e. The molecule has 0 aliphatic carbocycles. The average Bonchev–Trinajstić information content (AvgIpc) is 2.50. The standard InChI is InChI=1S/C15H18F2N2O2/c1-3-10-8-19(7-6-12(10)18-21)15(20)13-11(16)5-4-9(2)14(13)17/h4-5,10,21H,3,6-8H2,1-2H3/b18-12+. The van der Waals surface area contributed by atoms with Crippen LogP contribution >= 0.6 is 0 Å². The molecule has 0 bridgehead atoms. The lowest BCUT2D eigenvalue weighted by atomic mass is 9.92. The molecule has 21 heavy (non-hydrogen) atoms. The topological polar surface area (TPSA) is 52.9 Å². The highest BCUT2D eigenvalue weighted by Gasteiger charge is 2.31. The number of piperidine rings is 1. The summed E-state index contributed by atoms with van der Waals surface area (Å²) in [6.45, 7) is 4.01. The summed E-state index contributed by atoms with van der Waals surface area (Å²) in [7, 11) is 0. The van der Waals surface area contributed by atoms with Crippen molar-refractivity contribution in [2.24, 2.45) is 11.1 Å². The molecule has 4 nitrogen and oxygen atoms in total. The summed E-state index contributed by atoms with van der Waals surface area (Å²) in [6, 6.07) is 2.41. The molecule has 1 unspecified atom stereocenters. The zero-order valence-corrected chi connectivity index (χ0v) is 12.1. The highest BCUT2D eigenvalue weighted by atomic mass is 19.1. The fourth-order valence-corrected chi connectivity index (χ4v) is 2.61. The van der Waals surface area contributed by atoms with Crippen molar-refractivity contribution in [2.75, 3.05) is 13.1 Å². The van der Waals surface area contributed by atoms with Crippen LogP contribution in [0.5, 0.6) is 0 Å². The van der Waals surface area contributed by atoms with E-state index in [0.717, 1.165) is 6.07 Å². The van der Waals surface area contributed by atoms with Gasteiger partial charge in [0.2, 0.25) is 0 Å². The van der Waals surface area contributed by atoms with Crippen LogP contribution in [0.1, 0.15) is 35.7 Å². The van der Waals surface area contributed by atoms with Gasteiger partial charge in [0.05, 0.1) is 5.71 Å². The minimum absolute atomic E-state index is 0.0800. The number of likely N-dealkylation sites (tertiary alicyclic amines) is 1. The lowest BCUT2D eigenvalue weighted by Crippen LogP contribution is -2.44. The van der Waals surface area contributed by atoms with Gasteiger partial charge in [-0.05, 0) is 25.0 Å². The third-order valence-corrected chi connectivity index (χ3v) is 3.96. The third-order valence-electron chi connectivity index (χ3n) is 3.96. The molecule has 0 saturated carbocycles. The van der Waals surface area contributed by atoms with Crippen LogP contribution in [0.3, 0.4) is 0 Å². The molecule has 0 radical (unpaired) electrons. The van der Waals surface area contributed by atoms with E-state index in [9.17, 15) is 13.6 Å². The quantitative estimate of drug-likeness (QED) is 0.674. The van der Waals surface area contributed by atoms with Crippen molar-refractivity contribution in [3.63, 3.8) is 0 Å². The van der Waals surface area contributed by atoms with Crippen molar-refractivity contribution < 1.29 is 18.8 Å². The van der Waals surface area contributed by atoms with Crippen molar-refractivity contribution in [2.45, 2.75) is 26.7 Å². The molecule has 1 N–H and O–H groups in total. The Morgan fingerprint density at radius 3 is 2.81 bits per heavy atom. The van der Waals surface area contributed by atoms with Crippen molar-refractivity contribution in [3.8, 4) is 0 Å². The van der Waals surface area contributed by atoms with Crippen LogP contribution in [0.15, 0.2) is 17.3 Å². The second kappa shape index (κ2) is 6.20. The summed E-state index contributed by atoms with van der Waals surface area (Å²) in [6.07, 6.45) is 1.11. The Balaban J connectivity index is 2.28. The van der Waals surface area contributed by atoms with E-state index in [-0.39, 0.29) is 11.5 Å². The molecule has 6 heteroatoms. The Hall–Kier alpha value is -1.98. The number of oxime groups is 1. The molecular formula is C15H18F2N2O2. The van der Waals surface area contributed by atoms with Gasteiger partial charge in [-0.3, -0.25) is 4.79 Å². The second-order valence-corrected chi connectivity index (χ2v) is 5.25. The number of hydrogen-bond donors (Lipinski definition) is 1. The van der Waals surface area contributed by atoms with Gasteiger partial charge in [0.1, 0.15) is 17.2 Å². The number of aryl methyl sites for hydroxylation is 1. The first-order valence-corrected chi connectivity index (χ1v) is 6.94. The molecule has 1 aromatic rings. The molecule has 0 aromatic heterocycles. The number of benzene rings is 1. The maximum absolute atomic E-state index is 14.0. The molecule has 1 saturated heterocycles. The molecule has 1 aliphatic rings. The number of rotatable bonds is 2. The van der Waals surface area contributed by atoms with Crippen molar-refractivity contribution in [1.82, 2.24) is 4.90 Å². The summed E-state index contributed by atoms with van der Waals surface area (Å²) in [5.41, 5.74) is 0.363. The Labute approximate surface area is 122 Å². The van der Waals surface area contributed by atoms with Gasteiger partial charge in [-0.1, -0.05) is 18.1 Å². The van der Waals surface area contributed by atoms with E-state index in [1.54, 1.807) is 0 Å². The van der Waals surface area contributed by atoms with Crippen LogP contribution in [0.4, 0.5) is 8.78 Å². The van der Waals surface area contributed by atoms with E-state index in [2.05, 4.69) is 5.16 Å². The van der Waals surface area contributed by atoms with Crippen molar-refractivity contribution in [3.05, 3.63) is 34.9 Å². The largest absolute Gasteiger partial charge is 0.411 e. The van der Waals surface area contributed by atoms with Gasteiger partial charge in [0.25, 0.3) is 5.91 Å². The minimum atomic E-state index is -0.849. The van der Waals surface area contributed by atoms with E-state index in [0.29, 0.717) is 31.6 Å². The lowest BCUT2D eigenvalue weighted by Gasteiger charge is -2.33. The first-order chi connectivity index (χ1) is 9.99. The zero-order valence-electron chi connectivity index (χ0n) is 12.1. The molecule has 2 rings (SSSR count). The second-order valence-electron chi connectivity index (χ2n) is 5.25. The smallest absolute Gasteiger partial charge is 0.259 e. The fraction of sp³-hybridized carbons (Fsp3) is 0.467. The van der Waals surface area contributed by atoms with Gasteiger partial charge in [0, 0.05) is 25.4 Å². The Kier molecular flexibility index (Phi) is 4.55. The van der Waals surface area contributed by atoms with Gasteiger partial charge in [0.15, 0.2) is 0 Å². The molecule has 1 aromatic carbocycles. The maximum atomic E-state index is 14.0. The van der Waals surface area contributed by atoms with Crippen LogP contribution in [0.2, 0.25) is 0 Å². The van der Waals surface area contributed by atoms with E-state index in [4.69, 9.17) is 5.21 Å². The molecule has 0 spiro atoms. The Morgan fingerprint density at radius 1 is 1.48 bits per heavy atom. The van der Waals surface area contributed by atoms with Crippen molar-refractivity contribution >= 4 is 11.6 Å².